The minimum atomic E-state index is -0.883. The lowest BCUT2D eigenvalue weighted by atomic mass is 10.1. The highest BCUT2D eigenvalue weighted by Crippen LogP contribution is 2.06. The van der Waals surface area contributed by atoms with Crippen molar-refractivity contribution in [1.82, 2.24) is 14.5 Å². The molecule has 1 rings (SSSR count). The summed E-state index contributed by atoms with van der Waals surface area (Å²) in [6.45, 7) is 6.09. The van der Waals surface area contributed by atoms with Gasteiger partial charge in [-0.05, 0) is 20.8 Å². The average Bonchev–Trinajstić information content (AvgIpc) is 2.64. The highest BCUT2D eigenvalue weighted by molar-refractivity contribution is 5.76. The molecule has 5 nitrogen and oxygen atoms in total. The van der Waals surface area contributed by atoms with Gasteiger partial charge in [-0.2, -0.15) is 0 Å². The van der Waals surface area contributed by atoms with Gasteiger partial charge in [0, 0.05) is 18.9 Å². The molecule has 0 saturated carbocycles. The van der Waals surface area contributed by atoms with Gasteiger partial charge >= 0.3 is 6.03 Å². The molecule has 0 bridgehead atoms. The van der Waals surface area contributed by atoms with Crippen molar-refractivity contribution in [2.24, 2.45) is 0 Å². The van der Waals surface area contributed by atoms with E-state index in [-0.39, 0.29) is 6.03 Å². The van der Waals surface area contributed by atoms with E-state index in [2.05, 4.69) is 4.98 Å². The summed E-state index contributed by atoms with van der Waals surface area (Å²) in [5.74, 6) is 0. The Morgan fingerprint density at radius 3 is 2.67 bits per heavy atom. The first-order chi connectivity index (χ1) is 6.94. The Morgan fingerprint density at radius 2 is 2.27 bits per heavy atom. The SMILES string of the molecule is CCN(CC(C)(C)O)C(=O)n1ccnc1. The second-order valence-electron chi connectivity index (χ2n) is 4.08. The minimum Gasteiger partial charge on any atom is -0.389 e. The fraction of sp³-hybridized carbons (Fsp3) is 0.600. The number of carbonyl (C=O) groups is 1. The number of rotatable bonds is 3. The molecule has 0 aliphatic carbocycles. The number of hydrogen-bond acceptors (Lipinski definition) is 3. The lowest BCUT2D eigenvalue weighted by Crippen LogP contribution is -2.43. The van der Waals surface area contributed by atoms with E-state index in [1.807, 2.05) is 6.92 Å². The van der Waals surface area contributed by atoms with Crippen LogP contribution in [0.5, 0.6) is 0 Å². The number of aromatic nitrogens is 2. The number of hydrogen-bond donors (Lipinski definition) is 1. The normalized spacial score (nSPS) is 11.5. The van der Waals surface area contributed by atoms with Crippen molar-refractivity contribution in [1.29, 1.82) is 0 Å². The highest BCUT2D eigenvalue weighted by Gasteiger charge is 2.21. The topological polar surface area (TPSA) is 58.4 Å². The van der Waals surface area contributed by atoms with E-state index in [9.17, 15) is 9.90 Å². The molecule has 1 heterocycles. The first kappa shape index (κ1) is 11.7. The van der Waals surface area contributed by atoms with Crippen LogP contribution < -0.4 is 0 Å². The van der Waals surface area contributed by atoms with E-state index in [4.69, 9.17) is 0 Å². The molecule has 5 heteroatoms. The Labute approximate surface area is 89.3 Å². The number of likely N-dealkylation sites (N-methyl/N-ethyl adjacent to an activating group) is 1. The predicted molar refractivity (Wildman–Crippen MR) is 56.6 cm³/mol. The Kier molecular flexibility index (Phi) is 3.47. The summed E-state index contributed by atoms with van der Waals surface area (Å²) in [6.07, 6.45) is 4.60. The largest absolute Gasteiger partial charge is 0.389 e. The number of amides is 1. The molecule has 0 atom stereocenters. The van der Waals surface area contributed by atoms with Gasteiger partial charge in [0.2, 0.25) is 0 Å². The van der Waals surface area contributed by atoms with E-state index in [0.717, 1.165) is 0 Å². The average molecular weight is 211 g/mol. The van der Waals surface area contributed by atoms with Crippen molar-refractivity contribution in [2.45, 2.75) is 26.4 Å². The van der Waals surface area contributed by atoms with Crippen LogP contribution >= 0.6 is 0 Å². The molecule has 0 spiro atoms. The standard InChI is InChI=1S/C10H17N3O2/c1-4-12(7-10(2,3)15)9(14)13-6-5-11-8-13/h5-6,8,15H,4,7H2,1-3H3. The van der Waals surface area contributed by atoms with E-state index in [1.165, 1.54) is 10.9 Å². The molecule has 1 amide bonds. The monoisotopic (exact) mass is 211 g/mol. The molecule has 84 valence electrons. The minimum absolute atomic E-state index is 0.169. The maximum atomic E-state index is 11.9. The Hall–Kier alpha value is -1.36. The third-order valence-corrected chi connectivity index (χ3v) is 1.96. The molecular weight excluding hydrogens is 194 g/mol. The third kappa shape index (κ3) is 3.36. The number of carbonyl (C=O) groups excluding carboxylic acids is 1. The molecule has 0 radical (unpaired) electrons. The van der Waals surface area contributed by atoms with Crippen LogP contribution in [0.4, 0.5) is 4.79 Å². The summed E-state index contributed by atoms with van der Waals surface area (Å²) in [5, 5.41) is 9.65. The third-order valence-electron chi connectivity index (χ3n) is 1.96. The lowest BCUT2D eigenvalue weighted by Gasteiger charge is -2.27. The summed E-state index contributed by atoms with van der Waals surface area (Å²) in [6, 6.07) is -0.169. The zero-order chi connectivity index (χ0) is 11.5. The maximum absolute atomic E-state index is 11.9. The molecule has 0 aliphatic rings. The van der Waals surface area contributed by atoms with E-state index in [0.29, 0.717) is 13.1 Å². The smallest absolute Gasteiger partial charge is 0.329 e. The molecule has 1 aromatic heterocycles. The van der Waals surface area contributed by atoms with Crippen molar-refractivity contribution < 1.29 is 9.90 Å². The van der Waals surface area contributed by atoms with Crippen LogP contribution in [0.1, 0.15) is 20.8 Å². The molecule has 1 N–H and O–H groups in total. The summed E-state index contributed by atoms with van der Waals surface area (Å²) in [7, 11) is 0. The molecule has 0 aromatic carbocycles. The van der Waals surface area contributed by atoms with Crippen LogP contribution in [0.15, 0.2) is 18.7 Å². The van der Waals surface area contributed by atoms with Crippen LogP contribution in [0.2, 0.25) is 0 Å². The number of nitrogens with zero attached hydrogens (tertiary/aromatic N) is 3. The molecule has 0 saturated heterocycles. The molecular formula is C10H17N3O2. The van der Waals surface area contributed by atoms with Crippen LogP contribution in [0.25, 0.3) is 0 Å². The van der Waals surface area contributed by atoms with Gasteiger partial charge < -0.3 is 10.0 Å². The molecule has 0 fully saturated rings. The van der Waals surface area contributed by atoms with Crippen LogP contribution in [0, 0.1) is 0 Å². The van der Waals surface area contributed by atoms with Crippen LogP contribution in [-0.2, 0) is 0 Å². The van der Waals surface area contributed by atoms with Crippen molar-refractivity contribution in [3.05, 3.63) is 18.7 Å². The Bertz CT molecular complexity index is 314. The fourth-order valence-electron chi connectivity index (χ4n) is 1.32. The number of aliphatic hydroxyl groups is 1. The molecule has 0 aliphatic heterocycles. The van der Waals surface area contributed by atoms with Gasteiger partial charge in [0.1, 0.15) is 6.33 Å². The van der Waals surface area contributed by atoms with Crippen molar-refractivity contribution in [3.8, 4) is 0 Å². The quantitative estimate of drug-likeness (QED) is 0.809. The summed E-state index contributed by atoms with van der Waals surface area (Å²) >= 11 is 0. The van der Waals surface area contributed by atoms with E-state index < -0.39 is 5.60 Å². The van der Waals surface area contributed by atoms with E-state index >= 15 is 0 Å². The van der Waals surface area contributed by atoms with Crippen molar-refractivity contribution in [3.63, 3.8) is 0 Å². The second-order valence-corrected chi connectivity index (χ2v) is 4.08. The van der Waals surface area contributed by atoms with Gasteiger partial charge in [-0.1, -0.05) is 0 Å². The van der Waals surface area contributed by atoms with E-state index in [1.54, 1.807) is 31.1 Å². The molecule has 15 heavy (non-hydrogen) atoms. The second kappa shape index (κ2) is 4.44. The van der Waals surface area contributed by atoms with Gasteiger partial charge in [0.15, 0.2) is 0 Å². The van der Waals surface area contributed by atoms with Gasteiger partial charge in [-0.15, -0.1) is 0 Å². The fourth-order valence-corrected chi connectivity index (χ4v) is 1.32. The van der Waals surface area contributed by atoms with Gasteiger partial charge in [0.05, 0.1) is 12.1 Å². The maximum Gasteiger partial charge on any atom is 0.329 e. The first-order valence-corrected chi connectivity index (χ1v) is 4.93. The van der Waals surface area contributed by atoms with Crippen molar-refractivity contribution in [2.75, 3.05) is 13.1 Å². The summed E-state index contributed by atoms with van der Waals surface area (Å²) in [4.78, 5) is 17.2. The predicted octanol–water partition coefficient (Wildman–Crippen LogP) is 0.944. The molecule has 1 aromatic rings. The summed E-state index contributed by atoms with van der Waals surface area (Å²) in [5.41, 5.74) is -0.883. The number of imidazole rings is 1. The first-order valence-electron chi connectivity index (χ1n) is 4.93. The van der Waals surface area contributed by atoms with Crippen molar-refractivity contribution >= 4 is 6.03 Å². The van der Waals surface area contributed by atoms with Gasteiger partial charge in [-0.3, -0.25) is 4.57 Å². The van der Waals surface area contributed by atoms with Gasteiger partial charge in [-0.25, -0.2) is 9.78 Å². The summed E-state index contributed by atoms with van der Waals surface area (Å²) < 4.78 is 1.40. The van der Waals surface area contributed by atoms with Gasteiger partial charge in [0.25, 0.3) is 0 Å². The van der Waals surface area contributed by atoms with Crippen LogP contribution in [-0.4, -0.2) is 44.3 Å². The molecule has 0 unspecified atom stereocenters. The Morgan fingerprint density at radius 1 is 1.60 bits per heavy atom. The lowest BCUT2D eigenvalue weighted by molar-refractivity contribution is 0.0482. The zero-order valence-electron chi connectivity index (χ0n) is 9.34. The zero-order valence-corrected chi connectivity index (χ0v) is 9.34. The highest BCUT2D eigenvalue weighted by atomic mass is 16.3. The van der Waals surface area contributed by atoms with Crippen LogP contribution in [0.3, 0.4) is 0 Å². The Balaban J connectivity index is 2.72.